The summed E-state index contributed by atoms with van der Waals surface area (Å²) in [6.45, 7) is 2.12. The number of benzene rings is 2. The van der Waals surface area contributed by atoms with Crippen molar-refractivity contribution < 1.29 is 19.4 Å². The van der Waals surface area contributed by atoms with Crippen molar-refractivity contribution in [1.82, 2.24) is 4.90 Å². The smallest absolute Gasteiger partial charge is 0.254 e. The van der Waals surface area contributed by atoms with Crippen LogP contribution < -0.4 is 4.74 Å². The van der Waals surface area contributed by atoms with Gasteiger partial charge in [0.1, 0.15) is 11.5 Å². The van der Waals surface area contributed by atoms with E-state index < -0.39 is 0 Å². The summed E-state index contributed by atoms with van der Waals surface area (Å²) in [5.41, 5.74) is 3.63. The van der Waals surface area contributed by atoms with Gasteiger partial charge in [-0.25, -0.2) is 0 Å². The third kappa shape index (κ3) is 3.69. The SMILES string of the molecule is O=C1CCc2ccc(OCC3CCC(CN4Cc5ccc(O)cc5C4=O)CC3)cc21. The third-order valence-corrected chi connectivity index (χ3v) is 6.91. The highest BCUT2D eigenvalue weighted by Gasteiger charge is 2.31. The van der Waals surface area contributed by atoms with Gasteiger partial charge in [0.05, 0.1) is 6.61 Å². The van der Waals surface area contributed by atoms with E-state index in [1.807, 2.05) is 29.2 Å². The van der Waals surface area contributed by atoms with Gasteiger partial charge in [-0.3, -0.25) is 9.59 Å². The number of Topliss-reactive ketones (excluding diaryl/α,β-unsaturated/α-hetero) is 1. The largest absolute Gasteiger partial charge is 0.508 e. The molecule has 5 rings (SSSR count). The minimum Gasteiger partial charge on any atom is -0.508 e. The van der Waals surface area contributed by atoms with Crippen molar-refractivity contribution in [2.24, 2.45) is 11.8 Å². The molecule has 156 valence electrons. The summed E-state index contributed by atoms with van der Waals surface area (Å²) in [5, 5.41) is 9.64. The highest BCUT2D eigenvalue weighted by Crippen LogP contribution is 2.33. The van der Waals surface area contributed by atoms with Crippen LogP contribution in [-0.4, -0.2) is 34.8 Å². The molecule has 0 unspecified atom stereocenters. The summed E-state index contributed by atoms with van der Waals surface area (Å²) >= 11 is 0. The van der Waals surface area contributed by atoms with Crippen molar-refractivity contribution in [2.45, 2.75) is 45.1 Å². The molecule has 2 aromatic carbocycles. The molecule has 0 radical (unpaired) electrons. The molecule has 1 saturated carbocycles. The first kappa shape index (κ1) is 19.2. The number of carbonyl (C=O) groups is 2. The normalized spacial score (nSPS) is 22.9. The number of rotatable bonds is 5. The van der Waals surface area contributed by atoms with Crippen LogP contribution in [0.5, 0.6) is 11.5 Å². The molecule has 1 fully saturated rings. The van der Waals surface area contributed by atoms with Gasteiger partial charge in [0.2, 0.25) is 0 Å². The molecule has 2 aliphatic carbocycles. The van der Waals surface area contributed by atoms with Crippen molar-refractivity contribution in [3.05, 3.63) is 58.7 Å². The zero-order valence-corrected chi connectivity index (χ0v) is 17.1. The van der Waals surface area contributed by atoms with E-state index in [1.54, 1.807) is 12.1 Å². The van der Waals surface area contributed by atoms with Crippen LogP contribution in [-0.2, 0) is 13.0 Å². The van der Waals surface area contributed by atoms with E-state index in [9.17, 15) is 14.7 Å². The van der Waals surface area contributed by atoms with Crippen LogP contribution >= 0.6 is 0 Å². The van der Waals surface area contributed by atoms with Crippen molar-refractivity contribution in [1.29, 1.82) is 0 Å². The Kier molecular flexibility index (Phi) is 4.97. The molecule has 1 amide bonds. The minimum absolute atomic E-state index is 0.0394. The summed E-state index contributed by atoms with van der Waals surface area (Å²) in [7, 11) is 0. The van der Waals surface area contributed by atoms with Crippen LogP contribution in [0.1, 0.15) is 63.9 Å². The number of carbonyl (C=O) groups excluding carboxylic acids is 2. The Morgan fingerprint density at radius 2 is 1.67 bits per heavy atom. The lowest BCUT2D eigenvalue weighted by Gasteiger charge is -2.31. The zero-order chi connectivity index (χ0) is 20.7. The average Bonchev–Trinajstić information content (AvgIpc) is 3.27. The van der Waals surface area contributed by atoms with E-state index >= 15 is 0 Å². The van der Waals surface area contributed by atoms with Crippen LogP contribution in [0.4, 0.5) is 0 Å². The zero-order valence-electron chi connectivity index (χ0n) is 17.1. The lowest BCUT2D eigenvalue weighted by Crippen LogP contribution is -2.32. The second kappa shape index (κ2) is 7.78. The number of aryl methyl sites for hydroxylation is 1. The first-order valence-corrected chi connectivity index (χ1v) is 11.0. The summed E-state index contributed by atoms with van der Waals surface area (Å²) in [4.78, 5) is 26.5. The molecule has 1 heterocycles. The maximum atomic E-state index is 12.6. The van der Waals surface area contributed by atoms with Crippen LogP contribution in [0.3, 0.4) is 0 Å². The van der Waals surface area contributed by atoms with E-state index in [0.29, 0.717) is 37.0 Å². The molecule has 0 atom stereocenters. The standard InChI is InChI=1S/C25H27NO4/c27-20-8-5-19-14-26(25(29)23(19)11-20)13-16-1-3-17(4-2-16)15-30-21-9-6-18-7-10-24(28)22(18)12-21/h5-6,8-9,11-12,16-17,27H,1-4,7,10,13-15H2. The average molecular weight is 405 g/mol. The number of ether oxygens (including phenoxy) is 1. The van der Waals surface area contributed by atoms with Gasteiger partial charge in [-0.15, -0.1) is 0 Å². The Balaban J connectivity index is 1.10. The number of ketones is 1. The monoisotopic (exact) mass is 405 g/mol. The summed E-state index contributed by atoms with van der Waals surface area (Å²) in [6, 6.07) is 11.0. The number of amides is 1. The number of phenolic OH excluding ortho intramolecular Hbond substituents is 1. The van der Waals surface area contributed by atoms with Gasteiger partial charge in [-0.1, -0.05) is 12.1 Å². The van der Waals surface area contributed by atoms with Crippen molar-refractivity contribution in [3.63, 3.8) is 0 Å². The number of hydrogen-bond donors (Lipinski definition) is 1. The number of fused-ring (bicyclic) bond motifs is 2. The predicted octanol–water partition coefficient (Wildman–Crippen LogP) is 4.36. The molecule has 30 heavy (non-hydrogen) atoms. The van der Waals surface area contributed by atoms with E-state index in [4.69, 9.17) is 4.74 Å². The molecule has 0 spiro atoms. The third-order valence-electron chi connectivity index (χ3n) is 6.91. The second-order valence-electron chi connectivity index (χ2n) is 8.97. The number of phenols is 1. The molecule has 0 bridgehead atoms. The van der Waals surface area contributed by atoms with Gasteiger partial charge in [0.25, 0.3) is 5.91 Å². The van der Waals surface area contributed by atoms with Gasteiger partial charge in [0, 0.05) is 30.6 Å². The topological polar surface area (TPSA) is 66.8 Å². The minimum atomic E-state index is 0.0394. The summed E-state index contributed by atoms with van der Waals surface area (Å²) in [6.07, 6.45) is 5.87. The van der Waals surface area contributed by atoms with Gasteiger partial charge in [-0.2, -0.15) is 0 Å². The highest BCUT2D eigenvalue weighted by atomic mass is 16.5. The Morgan fingerprint density at radius 1 is 0.900 bits per heavy atom. The predicted molar refractivity (Wildman–Crippen MR) is 113 cm³/mol. The molecule has 1 N–H and O–H groups in total. The van der Waals surface area contributed by atoms with Crippen molar-refractivity contribution in [2.75, 3.05) is 13.2 Å². The molecule has 5 nitrogen and oxygen atoms in total. The van der Waals surface area contributed by atoms with Crippen LogP contribution in [0.2, 0.25) is 0 Å². The molecule has 0 saturated heterocycles. The van der Waals surface area contributed by atoms with E-state index in [1.165, 1.54) is 0 Å². The Bertz CT molecular complexity index is 991. The van der Waals surface area contributed by atoms with E-state index in [-0.39, 0.29) is 17.4 Å². The lowest BCUT2D eigenvalue weighted by atomic mass is 9.82. The Labute approximate surface area is 176 Å². The maximum absolute atomic E-state index is 12.6. The first-order chi connectivity index (χ1) is 14.6. The quantitative estimate of drug-likeness (QED) is 0.803. The van der Waals surface area contributed by atoms with Crippen molar-refractivity contribution in [3.8, 4) is 11.5 Å². The molecular weight excluding hydrogens is 378 g/mol. The Morgan fingerprint density at radius 3 is 2.50 bits per heavy atom. The highest BCUT2D eigenvalue weighted by molar-refractivity contribution is 6.00. The van der Waals surface area contributed by atoms with E-state index in [0.717, 1.165) is 61.1 Å². The molecular formula is C25H27NO4. The van der Waals surface area contributed by atoms with Crippen LogP contribution in [0.15, 0.2) is 36.4 Å². The maximum Gasteiger partial charge on any atom is 0.254 e. The lowest BCUT2D eigenvalue weighted by molar-refractivity contribution is 0.0721. The number of aromatic hydroxyl groups is 1. The van der Waals surface area contributed by atoms with Gasteiger partial charge in [-0.05, 0) is 79.3 Å². The fraction of sp³-hybridized carbons (Fsp3) is 0.440. The Hall–Kier alpha value is -2.82. The number of hydrogen-bond acceptors (Lipinski definition) is 4. The van der Waals surface area contributed by atoms with Crippen molar-refractivity contribution >= 4 is 11.7 Å². The van der Waals surface area contributed by atoms with E-state index in [2.05, 4.69) is 0 Å². The van der Waals surface area contributed by atoms with Crippen LogP contribution in [0, 0.1) is 11.8 Å². The first-order valence-electron chi connectivity index (χ1n) is 11.0. The fourth-order valence-electron chi connectivity index (χ4n) is 5.11. The number of nitrogens with zero attached hydrogens (tertiary/aromatic N) is 1. The van der Waals surface area contributed by atoms with Gasteiger partial charge >= 0.3 is 0 Å². The molecule has 0 aromatic heterocycles. The fourth-order valence-corrected chi connectivity index (χ4v) is 5.11. The summed E-state index contributed by atoms with van der Waals surface area (Å²) < 4.78 is 6.02. The van der Waals surface area contributed by atoms with Gasteiger partial charge in [0.15, 0.2) is 5.78 Å². The summed E-state index contributed by atoms with van der Waals surface area (Å²) in [5.74, 6) is 2.26. The molecule has 2 aromatic rings. The van der Waals surface area contributed by atoms with Crippen LogP contribution in [0.25, 0.3) is 0 Å². The molecule has 5 heteroatoms. The van der Waals surface area contributed by atoms with Gasteiger partial charge < -0.3 is 14.7 Å². The molecule has 1 aliphatic heterocycles. The molecule has 3 aliphatic rings. The second-order valence-corrected chi connectivity index (χ2v) is 8.97.